The van der Waals surface area contributed by atoms with Gasteiger partial charge in [-0.3, -0.25) is 14.9 Å². The zero-order chi connectivity index (χ0) is 20.3. The SMILES string of the molecule is Cc1cc(C(=O)COc2ccc([N+](=O)[O-])cc2Cl)c(C)n1CCc1cccs1. The molecule has 2 aromatic heterocycles. The quantitative estimate of drug-likeness (QED) is 0.285. The van der Waals surface area contributed by atoms with Gasteiger partial charge in [-0.05, 0) is 43.8 Å². The minimum atomic E-state index is -0.536. The molecule has 0 radical (unpaired) electrons. The molecule has 6 nitrogen and oxygen atoms in total. The predicted octanol–water partition coefficient (Wildman–Crippen LogP) is 5.23. The fourth-order valence-corrected chi connectivity index (χ4v) is 3.97. The second-order valence-corrected chi connectivity index (χ2v) is 7.79. The molecule has 0 amide bonds. The second kappa shape index (κ2) is 8.58. The summed E-state index contributed by atoms with van der Waals surface area (Å²) in [7, 11) is 0. The molecule has 0 bridgehead atoms. The lowest BCUT2D eigenvalue weighted by molar-refractivity contribution is -0.384. The topological polar surface area (TPSA) is 74.4 Å². The predicted molar refractivity (Wildman–Crippen MR) is 110 cm³/mol. The van der Waals surface area contributed by atoms with E-state index in [2.05, 4.69) is 16.0 Å². The first kappa shape index (κ1) is 20.1. The summed E-state index contributed by atoms with van der Waals surface area (Å²) in [6.45, 7) is 4.52. The molecule has 3 rings (SSSR count). The molecule has 0 aliphatic heterocycles. The van der Waals surface area contributed by atoms with Gasteiger partial charge in [-0.25, -0.2) is 0 Å². The Morgan fingerprint density at radius 3 is 2.71 bits per heavy atom. The first-order valence-corrected chi connectivity index (χ1v) is 9.91. The van der Waals surface area contributed by atoms with Crippen molar-refractivity contribution in [2.24, 2.45) is 0 Å². The smallest absolute Gasteiger partial charge is 0.271 e. The Labute approximate surface area is 171 Å². The summed E-state index contributed by atoms with van der Waals surface area (Å²) < 4.78 is 7.63. The molecule has 0 unspecified atom stereocenters. The van der Waals surface area contributed by atoms with Crippen LogP contribution in [0, 0.1) is 24.0 Å². The van der Waals surface area contributed by atoms with Crippen LogP contribution in [-0.4, -0.2) is 21.9 Å². The third-order valence-corrected chi connectivity index (χ3v) is 5.75. The molecule has 28 heavy (non-hydrogen) atoms. The number of halogens is 1. The van der Waals surface area contributed by atoms with E-state index in [1.54, 1.807) is 11.3 Å². The van der Waals surface area contributed by atoms with E-state index in [0.29, 0.717) is 5.56 Å². The maximum absolute atomic E-state index is 12.6. The number of aromatic nitrogens is 1. The van der Waals surface area contributed by atoms with E-state index in [9.17, 15) is 14.9 Å². The van der Waals surface area contributed by atoms with Gasteiger partial charge < -0.3 is 9.30 Å². The molecule has 0 spiro atoms. The molecule has 0 N–H and O–H groups in total. The van der Waals surface area contributed by atoms with Crippen LogP contribution in [0.15, 0.2) is 41.8 Å². The van der Waals surface area contributed by atoms with Gasteiger partial charge in [0, 0.05) is 40.5 Å². The molecule has 0 saturated heterocycles. The molecule has 0 saturated carbocycles. The number of Topliss-reactive ketones (excluding diaryl/α,β-unsaturated/α-hetero) is 1. The van der Waals surface area contributed by atoms with E-state index in [-0.39, 0.29) is 28.8 Å². The first-order valence-electron chi connectivity index (χ1n) is 8.66. The molecule has 0 aliphatic rings. The monoisotopic (exact) mass is 418 g/mol. The first-order chi connectivity index (χ1) is 13.4. The van der Waals surface area contributed by atoms with Crippen LogP contribution in [-0.2, 0) is 13.0 Å². The Hall–Kier alpha value is -2.64. The lowest BCUT2D eigenvalue weighted by atomic mass is 10.1. The van der Waals surface area contributed by atoms with E-state index in [4.69, 9.17) is 16.3 Å². The fraction of sp³-hybridized carbons (Fsp3) is 0.250. The van der Waals surface area contributed by atoms with Gasteiger partial charge in [-0.2, -0.15) is 0 Å². The summed E-state index contributed by atoms with van der Waals surface area (Å²) in [5.74, 6) is 0.0806. The summed E-state index contributed by atoms with van der Waals surface area (Å²) in [6.07, 6.45) is 0.913. The maximum Gasteiger partial charge on any atom is 0.271 e. The third kappa shape index (κ3) is 4.43. The van der Waals surface area contributed by atoms with E-state index in [1.807, 2.05) is 26.0 Å². The van der Waals surface area contributed by atoms with Crippen LogP contribution in [0.4, 0.5) is 5.69 Å². The van der Waals surface area contributed by atoms with Crippen LogP contribution in [0.5, 0.6) is 5.75 Å². The van der Waals surface area contributed by atoms with E-state index < -0.39 is 4.92 Å². The van der Waals surface area contributed by atoms with E-state index in [1.165, 1.54) is 23.1 Å². The number of ether oxygens (including phenoxy) is 1. The number of carbonyl (C=O) groups is 1. The third-order valence-electron chi connectivity index (χ3n) is 4.52. The highest BCUT2D eigenvalue weighted by Crippen LogP contribution is 2.29. The highest BCUT2D eigenvalue weighted by atomic mass is 35.5. The van der Waals surface area contributed by atoms with Crippen molar-refractivity contribution in [1.29, 1.82) is 0 Å². The van der Waals surface area contributed by atoms with Crippen LogP contribution >= 0.6 is 22.9 Å². The fourth-order valence-electron chi connectivity index (χ4n) is 3.05. The molecule has 146 valence electrons. The number of hydrogen-bond acceptors (Lipinski definition) is 5. The molecular weight excluding hydrogens is 400 g/mol. The van der Waals surface area contributed by atoms with Gasteiger partial charge in [0.05, 0.1) is 9.95 Å². The molecule has 8 heteroatoms. The van der Waals surface area contributed by atoms with Crippen molar-refractivity contribution in [3.63, 3.8) is 0 Å². The van der Waals surface area contributed by atoms with Gasteiger partial charge >= 0.3 is 0 Å². The van der Waals surface area contributed by atoms with Crippen molar-refractivity contribution in [1.82, 2.24) is 4.57 Å². The molecule has 0 atom stereocenters. The number of rotatable bonds is 8. The average Bonchev–Trinajstić information content (AvgIpc) is 3.27. The summed E-state index contributed by atoms with van der Waals surface area (Å²) in [5, 5.41) is 12.9. The molecule has 2 heterocycles. The Balaban J connectivity index is 1.67. The van der Waals surface area contributed by atoms with Crippen molar-refractivity contribution in [2.75, 3.05) is 6.61 Å². The van der Waals surface area contributed by atoms with Crippen molar-refractivity contribution in [3.05, 3.63) is 78.7 Å². The van der Waals surface area contributed by atoms with Crippen LogP contribution in [0.2, 0.25) is 5.02 Å². The van der Waals surface area contributed by atoms with Crippen LogP contribution in [0.25, 0.3) is 0 Å². The normalized spacial score (nSPS) is 10.8. The van der Waals surface area contributed by atoms with Gasteiger partial charge in [0.25, 0.3) is 5.69 Å². The van der Waals surface area contributed by atoms with Gasteiger partial charge in [-0.15, -0.1) is 11.3 Å². The van der Waals surface area contributed by atoms with Gasteiger partial charge in [-0.1, -0.05) is 17.7 Å². The number of nitrogens with zero attached hydrogens (tertiary/aromatic N) is 2. The van der Waals surface area contributed by atoms with Crippen LogP contribution in [0.1, 0.15) is 26.6 Å². The largest absolute Gasteiger partial charge is 0.484 e. The molecule has 1 aromatic carbocycles. The summed E-state index contributed by atoms with van der Waals surface area (Å²) >= 11 is 7.73. The van der Waals surface area contributed by atoms with Crippen molar-refractivity contribution in [2.45, 2.75) is 26.8 Å². The highest BCUT2D eigenvalue weighted by Gasteiger charge is 2.17. The zero-order valence-electron chi connectivity index (χ0n) is 15.5. The summed E-state index contributed by atoms with van der Waals surface area (Å²) in [5.41, 5.74) is 2.41. The lowest BCUT2D eigenvalue weighted by Crippen LogP contribution is -2.13. The van der Waals surface area contributed by atoms with E-state index >= 15 is 0 Å². The van der Waals surface area contributed by atoms with Crippen molar-refractivity contribution >= 4 is 34.4 Å². The minimum Gasteiger partial charge on any atom is -0.484 e. The molecule has 0 fully saturated rings. The molecular formula is C20H19ClN2O4S. The number of aryl methyl sites for hydroxylation is 2. The molecule has 0 aliphatic carbocycles. The number of hydrogen-bond donors (Lipinski definition) is 0. The lowest BCUT2D eigenvalue weighted by Gasteiger charge is -2.10. The average molecular weight is 419 g/mol. The van der Waals surface area contributed by atoms with Gasteiger partial charge in [0.1, 0.15) is 5.75 Å². The van der Waals surface area contributed by atoms with Gasteiger partial charge in [0.15, 0.2) is 6.61 Å². The second-order valence-electron chi connectivity index (χ2n) is 6.35. The summed E-state index contributed by atoms with van der Waals surface area (Å²) in [4.78, 5) is 24.2. The van der Waals surface area contributed by atoms with Crippen molar-refractivity contribution in [3.8, 4) is 5.75 Å². The number of non-ortho nitro benzene ring substituents is 1. The number of thiophene rings is 1. The number of carbonyl (C=O) groups excluding carboxylic acids is 1. The minimum absolute atomic E-state index is 0.100. The van der Waals surface area contributed by atoms with Crippen molar-refractivity contribution < 1.29 is 14.5 Å². The summed E-state index contributed by atoms with van der Waals surface area (Å²) in [6, 6.07) is 9.91. The number of nitro benzene ring substituents is 1. The standard InChI is InChI=1S/C20H19ClN2O4S/c1-13-10-17(14(2)22(13)8-7-16-4-3-9-28-16)19(24)12-27-20-6-5-15(23(25)26)11-18(20)21/h3-6,9-11H,7-8,12H2,1-2H3. The highest BCUT2D eigenvalue weighted by molar-refractivity contribution is 7.09. The molecule has 3 aromatic rings. The number of nitro groups is 1. The number of ketones is 1. The number of benzene rings is 1. The van der Waals surface area contributed by atoms with Crippen LogP contribution < -0.4 is 4.74 Å². The Morgan fingerprint density at radius 1 is 1.29 bits per heavy atom. The maximum atomic E-state index is 12.6. The Morgan fingerprint density at radius 2 is 2.07 bits per heavy atom. The Bertz CT molecular complexity index is 1010. The Kier molecular flexibility index (Phi) is 6.16. The van der Waals surface area contributed by atoms with Gasteiger partial charge in [0.2, 0.25) is 5.78 Å². The van der Waals surface area contributed by atoms with E-state index in [0.717, 1.165) is 24.4 Å². The van der Waals surface area contributed by atoms with Crippen LogP contribution in [0.3, 0.4) is 0 Å². The zero-order valence-corrected chi connectivity index (χ0v) is 17.0.